The zero-order valence-corrected chi connectivity index (χ0v) is 10.4. The SMILES string of the molecule is Cc1ccc(CNc2cccc(C(=O)O)c2C)o1. The normalized spacial score (nSPS) is 10.3. The molecule has 0 aliphatic rings. The maximum Gasteiger partial charge on any atom is 0.336 e. The van der Waals surface area contributed by atoms with E-state index in [1.54, 1.807) is 19.1 Å². The van der Waals surface area contributed by atoms with Crippen LogP contribution in [0.4, 0.5) is 5.69 Å². The molecular weight excluding hydrogens is 230 g/mol. The molecule has 0 radical (unpaired) electrons. The average Bonchev–Trinajstić information content (AvgIpc) is 2.73. The summed E-state index contributed by atoms with van der Waals surface area (Å²) >= 11 is 0. The minimum Gasteiger partial charge on any atom is -0.478 e. The van der Waals surface area contributed by atoms with Gasteiger partial charge in [0.15, 0.2) is 0 Å². The van der Waals surface area contributed by atoms with Gasteiger partial charge in [0.1, 0.15) is 11.5 Å². The molecule has 0 amide bonds. The Morgan fingerprint density at radius 1 is 1.28 bits per heavy atom. The Morgan fingerprint density at radius 3 is 2.67 bits per heavy atom. The zero-order valence-electron chi connectivity index (χ0n) is 10.4. The molecule has 0 bridgehead atoms. The van der Waals surface area contributed by atoms with Gasteiger partial charge in [-0.05, 0) is 43.7 Å². The number of furan rings is 1. The van der Waals surface area contributed by atoms with Crippen molar-refractivity contribution in [3.05, 3.63) is 53.0 Å². The molecule has 1 heterocycles. The largest absolute Gasteiger partial charge is 0.478 e. The molecule has 0 aliphatic carbocycles. The molecule has 0 fully saturated rings. The summed E-state index contributed by atoms with van der Waals surface area (Å²) < 4.78 is 5.44. The summed E-state index contributed by atoms with van der Waals surface area (Å²) in [5.41, 5.74) is 1.85. The highest BCUT2D eigenvalue weighted by atomic mass is 16.4. The summed E-state index contributed by atoms with van der Waals surface area (Å²) in [4.78, 5) is 11.0. The van der Waals surface area contributed by atoms with Crippen LogP contribution in [0.15, 0.2) is 34.7 Å². The highest BCUT2D eigenvalue weighted by Crippen LogP contribution is 2.20. The van der Waals surface area contributed by atoms with Gasteiger partial charge in [0.25, 0.3) is 0 Å². The van der Waals surface area contributed by atoms with Gasteiger partial charge in [0.05, 0.1) is 12.1 Å². The lowest BCUT2D eigenvalue weighted by atomic mass is 10.1. The van der Waals surface area contributed by atoms with E-state index >= 15 is 0 Å². The molecular formula is C14H15NO3. The van der Waals surface area contributed by atoms with Gasteiger partial charge in [0.2, 0.25) is 0 Å². The molecule has 4 nitrogen and oxygen atoms in total. The van der Waals surface area contributed by atoms with Crippen molar-refractivity contribution < 1.29 is 14.3 Å². The highest BCUT2D eigenvalue weighted by molar-refractivity contribution is 5.91. The van der Waals surface area contributed by atoms with Crippen LogP contribution in [0.25, 0.3) is 0 Å². The van der Waals surface area contributed by atoms with Crippen LogP contribution >= 0.6 is 0 Å². The van der Waals surface area contributed by atoms with Gasteiger partial charge in [-0.2, -0.15) is 0 Å². The molecule has 0 saturated carbocycles. The number of hydrogen-bond acceptors (Lipinski definition) is 3. The fourth-order valence-electron chi connectivity index (χ4n) is 1.82. The topological polar surface area (TPSA) is 62.5 Å². The first-order valence-electron chi connectivity index (χ1n) is 5.70. The maximum absolute atomic E-state index is 11.0. The maximum atomic E-state index is 11.0. The van der Waals surface area contributed by atoms with Crippen LogP contribution in [-0.2, 0) is 6.54 Å². The first-order chi connectivity index (χ1) is 8.58. The van der Waals surface area contributed by atoms with Crippen LogP contribution in [0.3, 0.4) is 0 Å². The van der Waals surface area contributed by atoms with E-state index in [9.17, 15) is 4.79 Å². The number of anilines is 1. The number of rotatable bonds is 4. The van der Waals surface area contributed by atoms with Gasteiger partial charge < -0.3 is 14.8 Å². The van der Waals surface area contributed by atoms with Crippen LogP contribution < -0.4 is 5.32 Å². The summed E-state index contributed by atoms with van der Waals surface area (Å²) in [6.45, 7) is 4.22. The molecule has 0 atom stereocenters. The van der Waals surface area contributed by atoms with Gasteiger partial charge in [-0.25, -0.2) is 4.79 Å². The summed E-state index contributed by atoms with van der Waals surface area (Å²) in [5.74, 6) is 0.778. The Hall–Kier alpha value is -2.23. The van der Waals surface area contributed by atoms with Gasteiger partial charge in [-0.3, -0.25) is 0 Å². The Bertz CT molecular complexity index is 572. The number of aromatic carboxylic acids is 1. The van der Waals surface area contributed by atoms with E-state index < -0.39 is 5.97 Å². The van der Waals surface area contributed by atoms with Crippen molar-refractivity contribution in [2.75, 3.05) is 5.32 Å². The van der Waals surface area contributed by atoms with E-state index in [-0.39, 0.29) is 0 Å². The predicted molar refractivity (Wildman–Crippen MR) is 68.9 cm³/mol. The number of nitrogens with one attached hydrogen (secondary N) is 1. The molecule has 0 spiro atoms. The number of aryl methyl sites for hydroxylation is 1. The molecule has 0 unspecified atom stereocenters. The first kappa shape index (κ1) is 12.2. The lowest BCUT2D eigenvalue weighted by Gasteiger charge is -2.10. The molecule has 4 heteroatoms. The molecule has 2 rings (SSSR count). The van der Waals surface area contributed by atoms with E-state index in [1.165, 1.54) is 0 Å². The smallest absolute Gasteiger partial charge is 0.336 e. The summed E-state index contributed by atoms with van der Waals surface area (Å²) in [5, 5.41) is 12.2. The monoisotopic (exact) mass is 245 g/mol. The summed E-state index contributed by atoms with van der Waals surface area (Å²) in [6.07, 6.45) is 0. The highest BCUT2D eigenvalue weighted by Gasteiger charge is 2.09. The third kappa shape index (κ3) is 2.53. The fraction of sp³-hybridized carbons (Fsp3) is 0.214. The lowest BCUT2D eigenvalue weighted by Crippen LogP contribution is -2.05. The van der Waals surface area contributed by atoms with Crippen LogP contribution in [0, 0.1) is 13.8 Å². The van der Waals surface area contributed by atoms with Crippen molar-refractivity contribution in [2.24, 2.45) is 0 Å². The second-order valence-corrected chi connectivity index (χ2v) is 4.15. The van der Waals surface area contributed by atoms with E-state index in [1.807, 2.05) is 25.1 Å². The Kier molecular flexibility index (Phi) is 3.37. The van der Waals surface area contributed by atoms with Gasteiger partial charge in [-0.1, -0.05) is 6.07 Å². The van der Waals surface area contributed by atoms with E-state index in [0.717, 1.165) is 22.8 Å². The van der Waals surface area contributed by atoms with Crippen molar-refractivity contribution in [2.45, 2.75) is 20.4 Å². The molecule has 1 aromatic heterocycles. The number of hydrogen-bond donors (Lipinski definition) is 2. The fourth-order valence-corrected chi connectivity index (χ4v) is 1.82. The van der Waals surface area contributed by atoms with E-state index in [4.69, 9.17) is 9.52 Å². The molecule has 0 saturated heterocycles. The van der Waals surface area contributed by atoms with E-state index in [2.05, 4.69) is 5.32 Å². The van der Waals surface area contributed by atoms with Crippen molar-refractivity contribution in [3.63, 3.8) is 0 Å². The number of carboxylic acids is 1. The average molecular weight is 245 g/mol. The Morgan fingerprint density at radius 2 is 2.06 bits per heavy atom. The van der Waals surface area contributed by atoms with Crippen molar-refractivity contribution in [1.82, 2.24) is 0 Å². The van der Waals surface area contributed by atoms with Crippen molar-refractivity contribution in [3.8, 4) is 0 Å². The summed E-state index contributed by atoms with van der Waals surface area (Å²) in [7, 11) is 0. The van der Waals surface area contributed by atoms with Gasteiger partial charge in [-0.15, -0.1) is 0 Å². The first-order valence-corrected chi connectivity index (χ1v) is 5.70. The van der Waals surface area contributed by atoms with Crippen molar-refractivity contribution in [1.29, 1.82) is 0 Å². The molecule has 2 aromatic rings. The summed E-state index contributed by atoms with van der Waals surface area (Å²) in [6, 6.07) is 8.99. The standard InChI is InChI=1S/C14H15NO3/c1-9-6-7-11(18-9)8-15-13-5-3-4-12(10(13)2)14(16)17/h3-7,15H,8H2,1-2H3,(H,16,17). The third-order valence-electron chi connectivity index (χ3n) is 2.81. The van der Waals surface area contributed by atoms with Crippen molar-refractivity contribution >= 4 is 11.7 Å². The zero-order chi connectivity index (χ0) is 13.1. The number of benzene rings is 1. The molecule has 94 valence electrons. The van der Waals surface area contributed by atoms with Crippen LogP contribution in [0.5, 0.6) is 0 Å². The minimum absolute atomic E-state index is 0.315. The number of carboxylic acid groups (broad SMARTS) is 1. The number of carbonyl (C=O) groups is 1. The third-order valence-corrected chi connectivity index (χ3v) is 2.81. The van der Waals surface area contributed by atoms with Crippen LogP contribution in [0.1, 0.15) is 27.4 Å². The van der Waals surface area contributed by atoms with Gasteiger partial charge >= 0.3 is 5.97 Å². The van der Waals surface area contributed by atoms with Crippen LogP contribution in [-0.4, -0.2) is 11.1 Å². The molecule has 18 heavy (non-hydrogen) atoms. The van der Waals surface area contributed by atoms with Crippen LogP contribution in [0.2, 0.25) is 0 Å². The second kappa shape index (κ2) is 4.96. The Labute approximate surface area is 105 Å². The quantitative estimate of drug-likeness (QED) is 0.868. The molecule has 1 aromatic carbocycles. The minimum atomic E-state index is -0.912. The molecule has 2 N–H and O–H groups in total. The second-order valence-electron chi connectivity index (χ2n) is 4.15. The van der Waals surface area contributed by atoms with Gasteiger partial charge in [0, 0.05) is 5.69 Å². The predicted octanol–water partition coefficient (Wildman–Crippen LogP) is 3.21. The lowest BCUT2D eigenvalue weighted by molar-refractivity contribution is 0.0696. The molecule has 0 aliphatic heterocycles. The van der Waals surface area contributed by atoms with E-state index in [0.29, 0.717) is 12.1 Å². The Balaban J connectivity index is 2.14.